The largest absolute Gasteiger partial charge is 0.462 e. The van der Waals surface area contributed by atoms with Gasteiger partial charge in [-0.25, -0.2) is 9.18 Å². The first-order valence-electron chi connectivity index (χ1n) is 7.88. The molecule has 3 rings (SSSR count). The van der Waals surface area contributed by atoms with Crippen molar-refractivity contribution in [1.82, 2.24) is 5.16 Å². The number of nitrogens with one attached hydrogen (secondary N) is 1. The van der Waals surface area contributed by atoms with Gasteiger partial charge in [-0.15, -0.1) is 0 Å². The molecule has 0 aliphatic rings. The molecule has 0 saturated heterocycles. The molecule has 0 unspecified atom stereocenters. The number of aromatic nitrogens is 1. The number of hydrogen-bond donors (Lipinski definition) is 1. The number of amides is 1. The third kappa shape index (κ3) is 3.61. The highest BCUT2D eigenvalue weighted by Crippen LogP contribution is 2.25. The molecule has 0 aliphatic carbocycles. The third-order valence-electron chi connectivity index (χ3n) is 3.59. The lowest BCUT2D eigenvalue weighted by atomic mass is 10.1. The molecule has 6 nitrogen and oxygen atoms in total. The molecule has 0 saturated carbocycles. The van der Waals surface area contributed by atoms with Crippen LogP contribution in [0.3, 0.4) is 0 Å². The fourth-order valence-electron chi connectivity index (χ4n) is 2.38. The molecule has 0 bridgehead atoms. The van der Waals surface area contributed by atoms with E-state index in [0.717, 1.165) is 0 Å². The van der Waals surface area contributed by atoms with Crippen LogP contribution >= 0.6 is 0 Å². The Balaban J connectivity index is 1.88. The van der Waals surface area contributed by atoms with Crippen molar-refractivity contribution >= 4 is 17.6 Å². The molecule has 1 heterocycles. The Hall–Kier alpha value is -3.48. The number of rotatable bonds is 5. The molecule has 132 valence electrons. The number of para-hydroxylation sites is 1. The Labute approximate surface area is 148 Å². The van der Waals surface area contributed by atoms with Crippen molar-refractivity contribution in [2.24, 2.45) is 0 Å². The van der Waals surface area contributed by atoms with Gasteiger partial charge < -0.3 is 14.6 Å². The molecular formula is C19H15FN2O4. The summed E-state index contributed by atoms with van der Waals surface area (Å²) in [5, 5.41) is 6.31. The molecule has 0 atom stereocenters. The molecule has 3 aromatic rings. The summed E-state index contributed by atoms with van der Waals surface area (Å²) in [4.78, 5) is 24.6. The number of benzene rings is 2. The van der Waals surface area contributed by atoms with E-state index in [1.54, 1.807) is 31.2 Å². The second-order valence-corrected chi connectivity index (χ2v) is 5.30. The predicted octanol–water partition coefficient (Wildman–Crippen LogP) is 3.91. The second-order valence-electron chi connectivity index (χ2n) is 5.30. The van der Waals surface area contributed by atoms with Gasteiger partial charge in [0.2, 0.25) is 0 Å². The van der Waals surface area contributed by atoms with Gasteiger partial charge >= 0.3 is 5.97 Å². The average molecular weight is 354 g/mol. The van der Waals surface area contributed by atoms with Crippen molar-refractivity contribution < 1.29 is 23.2 Å². The van der Waals surface area contributed by atoms with Gasteiger partial charge in [0.1, 0.15) is 11.4 Å². The summed E-state index contributed by atoms with van der Waals surface area (Å²) in [5.74, 6) is -1.24. The summed E-state index contributed by atoms with van der Waals surface area (Å²) in [6.45, 7) is 1.92. The van der Waals surface area contributed by atoms with Crippen LogP contribution in [0.15, 0.2) is 59.3 Å². The van der Waals surface area contributed by atoms with E-state index in [1.807, 2.05) is 0 Å². The minimum Gasteiger partial charge on any atom is -0.462 e. The highest BCUT2D eigenvalue weighted by molar-refractivity contribution is 6.10. The van der Waals surface area contributed by atoms with Gasteiger partial charge in [0.05, 0.1) is 24.1 Å². The number of hydrogen-bond acceptors (Lipinski definition) is 5. The van der Waals surface area contributed by atoms with Crippen molar-refractivity contribution in [2.45, 2.75) is 6.92 Å². The van der Waals surface area contributed by atoms with Gasteiger partial charge in [-0.2, -0.15) is 0 Å². The number of carbonyl (C=O) groups excluding carboxylic acids is 2. The monoisotopic (exact) mass is 354 g/mol. The highest BCUT2D eigenvalue weighted by Gasteiger charge is 2.20. The smallest absolute Gasteiger partial charge is 0.340 e. The maximum Gasteiger partial charge on any atom is 0.340 e. The molecule has 26 heavy (non-hydrogen) atoms. The van der Waals surface area contributed by atoms with E-state index in [0.29, 0.717) is 11.3 Å². The summed E-state index contributed by atoms with van der Waals surface area (Å²) in [7, 11) is 0. The molecule has 0 radical (unpaired) electrons. The van der Waals surface area contributed by atoms with Crippen molar-refractivity contribution in [3.05, 3.63) is 71.7 Å². The van der Waals surface area contributed by atoms with Crippen LogP contribution in [0.25, 0.3) is 11.3 Å². The van der Waals surface area contributed by atoms with E-state index in [9.17, 15) is 14.0 Å². The number of carbonyl (C=O) groups is 2. The highest BCUT2D eigenvalue weighted by atomic mass is 19.1. The Morgan fingerprint density at radius 2 is 1.85 bits per heavy atom. The zero-order chi connectivity index (χ0) is 18.5. The topological polar surface area (TPSA) is 81.4 Å². The van der Waals surface area contributed by atoms with Crippen LogP contribution in [-0.2, 0) is 4.74 Å². The van der Waals surface area contributed by atoms with Crippen molar-refractivity contribution in [1.29, 1.82) is 0 Å². The first kappa shape index (κ1) is 17.3. The summed E-state index contributed by atoms with van der Waals surface area (Å²) in [6, 6.07) is 12.0. The van der Waals surface area contributed by atoms with Crippen molar-refractivity contribution in [3.63, 3.8) is 0 Å². The quantitative estimate of drug-likeness (QED) is 0.703. The number of halogens is 1. The van der Waals surface area contributed by atoms with Crippen LogP contribution in [0.2, 0.25) is 0 Å². The van der Waals surface area contributed by atoms with Crippen molar-refractivity contribution in [3.8, 4) is 11.3 Å². The van der Waals surface area contributed by atoms with Gasteiger partial charge in [-0.1, -0.05) is 17.3 Å². The summed E-state index contributed by atoms with van der Waals surface area (Å²) in [5.41, 5.74) is 1.22. The summed E-state index contributed by atoms with van der Waals surface area (Å²) in [6.07, 6.45) is 1.26. The zero-order valence-electron chi connectivity index (χ0n) is 13.9. The molecule has 2 aromatic carbocycles. The van der Waals surface area contributed by atoms with Crippen LogP contribution < -0.4 is 5.32 Å². The van der Waals surface area contributed by atoms with Crippen LogP contribution in [-0.4, -0.2) is 23.6 Å². The Morgan fingerprint density at radius 3 is 2.58 bits per heavy atom. The van der Waals surface area contributed by atoms with Gasteiger partial charge in [0, 0.05) is 5.56 Å². The predicted molar refractivity (Wildman–Crippen MR) is 92.2 cm³/mol. The first-order chi connectivity index (χ1) is 12.6. The molecular weight excluding hydrogens is 339 g/mol. The minimum atomic E-state index is -0.535. The number of ether oxygens (including phenoxy) is 1. The lowest BCUT2D eigenvalue weighted by molar-refractivity contribution is 0.0527. The van der Waals surface area contributed by atoms with Crippen LogP contribution in [0.4, 0.5) is 10.1 Å². The molecule has 1 amide bonds. The lowest BCUT2D eigenvalue weighted by Crippen LogP contribution is -2.16. The summed E-state index contributed by atoms with van der Waals surface area (Å²) >= 11 is 0. The van der Waals surface area contributed by atoms with Gasteiger partial charge in [0.15, 0.2) is 5.76 Å². The average Bonchev–Trinajstić information content (AvgIpc) is 3.13. The second kappa shape index (κ2) is 7.60. The van der Waals surface area contributed by atoms with Crippen LogP contribution in [0, 0.1) is 5.82 Å². The number of esters is 1. The lowest BCUT2D eigenvalue weighted by Gasteiger charge is -2.10. The maximum absolute atomic E-state index is 13.1. The Kier molecular flexibility index (Phi) is 5.07. The SMILES string of the molecule is CCOC(=O)c1ccccc1NC(=O)c1cnoc1-c1ccc(F)cc1. The van der Waals surface area contributed by atoms with E-state index in [4.69, 9.17) is 9.26 Å². The first-order valence-corrected chi connectivity index (χ1v) is 7.88. The molecule has 1 aromatic heterocycles. The number of anilines is 1. The van der Waals surface area contributed by atoms with Gasteiger partial charge in [-0.05, 0) is 43.3 Å². The van der Waals surface area contributed by atoms with E-state index >= 15 is 0 Å². The van der Waals surface area contributed by atoms with E-state index in [-0.39, 0.29) is 23.5 Å². The minimum absolute atomic E-state index is 0.162. The molecule has 0 spiro atoms. The maximum atomic E-state index is 13.1. The normalized spacial score (nSPS) is 10.4. The van der Waals surface area contributed by atoms with E-state index in [2.05, 4.69) is 10.5 Å². The standard InChI is InChI=1S/C19H15FN2O4/c1-2-25-19(24)14-5-3-4-6-16(14)22-18(23)15-11-21-26-17(15)12-7-9-13(20)10-8-12/h3-11H,2H2,1H3,(H,22,23). The Morgan fingerprint density at radius 1 is 1.12 bits per heavy atom. The fraction of sp³-hybridized carbons (Fsp3) is 0.105. The van der Waals surface area contributed by atoms with Crippen LogP contribution in [0.5, 0.6) is 0 Å². The van der Waals surface area contributed by atoms with Crippen LogP contribution in [0.1, 0.15) is 27.6 Å². The molecule has 7 heteroatoms. The van der Waals surface area contributed by atoms with E-state index < -0.39 is 17.7 Å². The third-order valence-corrected chi connectivity index (χ3v) is 3.59. The molecule has 0 aliphatic heterocycles. The van der Waals surface area contributed by atoms with E-state index in [1.165, 1.54) is 30.5 Å². The fourth-order valence-corrected chi connectivity index (χ4v) is 2.38. The number of nitrogens with zero attached hydrogens (tertiary/aromatic N) is 1. The van der Waals surface area contributed by atoms with Crippen molar-refractivity contribution in [2.75, 3.05) is 11.9 Å². The van der Waals surface area contributed by atoms with Gasteiger partial charge in [-0.3, -0.25) is 4.79 Å². The summed E-state index contributed by atoms with van der Waals surface area (Å²) < 4.78 is 23.2. The molecule has 1 N–H and O–H groups in total. The molecule has 0 fully saturated rings. The van der Waals surface area contributed by atoms with Gasteiger partial charge in [0.25, 0.3) is 5.91 Å². The zero-order valence-corrected chi connectivity index (χ0v) is 13.9. The Bertz CT molecular complexity index is 935.